The van der Waals surface area contributed by atoms with Gasteiger partial charge in [-0.25, -0.2) is 4.79 Å². The number of rotatable bonds is 14. The fourth-order valence-electron chi connectivity index (χ4n) is 2.19. The molecule has 172 valence electrons. The molecule has 0 spiro atoms. The van der Waals surface area contributed by atoms with Gasteiger partial charge in [0.1, 0.15) is 24.2 Å². The van der Waals surface area contributed by atoms with Crippen LogP contribution in [0, 0.1) is 0 Å². The van der Waals surface area contributed by atoms with Crippen molar-refractivity contribution in [3.8, 4) is 0 Å². The Labute approximate surface area is 178 Å². The number of nitrogens with one attached hydrogen (secondary N) is 3. The normalized spacial score (nSPS) is 15.8. The number of carbonyl (C=O) groups is 5. The Morgan fingerprint density at radius 3 is 1.93 bits per heavy atom. The van der Waals surface area contributed by atoms with Crippen molar-refractivity contribution in [3.63, 3.8) is 0 Å². The van der Waals surface area contributed by atoms with E-state index in [0.29, 0.717) is 5.75 Å². The van der Waals surface area contributed by atoms with Gasteiger partial charge in [0.2, 0.25) is 17.7 Å². The van der Waals surface area contributed by atoms with Crippen molar-refractivity contribution in [2.75, 3.05) is 12.0 Å². The summed E-state index contributed by atoms with van der Waals surface area (Å²) in [6, 6.07) is -4.83. The van der Waals surface area contributed by atoms with Gasteiger partial charge in [-0.2, -0.15) is 11.8 Å². The number of aliphatic hydroxyl groups is 1. The van der Waals surface area contributed by atoms with Crippen molar-refractivity contribution < 1.29 is 39.3 Å². The molecule has 30 heavy (non-hydrogen) atoms. The topological polar surface area (TPSA) is 208 Å². The number of hydrogen-bond donors (Lipinski definition) is 7. The second-order valence-electron chi connectivity index (χ2n) is 6.67. The van der Waals surface area contributed by atoms with Crippen LogP contribution in [0.5, 0.6) is 0 Å². The Balaban J connectivity index is 5.01. The van der Waals surface area contributed by atoms with E-state index in [1.807, 2.05) is 0 Å². The highest BCUT2D eigenvalue weighted by Crippen LogP contribution is 2.04. The molecule has 0 aromatic heterocycles. The van der Waals surface area contributed by atoms with Gasteiger partial charge in [0.25, 0.3) is 0 Å². The molecule has 0 aliphatic carbocycles. The summed E-state index contributed by atoms with van der Waals surface area (Å²) in [4.78, 5) is 58.6. The Hall–Kier alpha value is -2.38. The summed E-state index contributed by atoms with van der Waals surface area (Å²) in [6.07, 6.45) is 0.135. The second kappa shape index (κ2) is 13.8. The standard InChI is InChI=1S/C17H30N4O8S/c1-8(14(25)21-11(17(28)29)4-5-12(23)24)19-15(26)10(6-7-30-3)20-16(27)13(18)9(2)22/h8-11,13,22H,4-7,18H2,1-3H3,(H,19,26)(H,20,27)(H,21,25)(H,23,24)(H,28,29). The van der Waals surface area contributed by atoms with Gasteiger partial charge in [0.15, 0.2) is 0 Å². The number of thioether (sulfide) groups is 1. The van der Waals surface area contributed by atoms with Crippen LogP contribution in [0.2, 0.25) is 0 Å². The van der Waals surface area contributed by atoms with Crippen LogP contribution in [0.15, 0.2) is 0 Å². The molecule has 0 bridgehead atoms. The zero-order valence-electron chi connectivity index (χ0n) is 17.1. The van der Waals surface area contributed by atoms with E-state index in [4.69, 9.17) is 15.9 Å². The molecule has 13 heteroatoms. The predicted octanol–water partition coefficient (Wildman–Crippen LogP) is -2.13. The molecule has 0 saturated heterocycles. The van der Waals surface area contributed by atoms with Crippen molar-refractivity contribution >= 4 is 41.4 Å². The summed E-state index contributed by atoms with van der Waals surface area (Å²) in [7, 11) is 0. The molecule has 0 aromatic carbocycles. The Bertz CT molecular complexity index is 631. The lowest BCUT2D eigenvalue weighted by Gasteiger charge is -2.24. The quantitative estimate of drug-likeness (QED) is 0.153. The molecule has 0 radical (unpaired) electrons. The number of carboxylic acid groups (broad SMARTS) is 2. The lowest BCUT2D eigenvalue weighted by Crippen LogP contribution is -2.57. The number of carbonyl (C=O) groups excluding carboxylic acids is 3. The number of hydrogen-bond acceptors (Lipinski definition) is 8. The minimum absolute atomic E-state index is 0.232. The van der Waals surface area contributed by atoms with Crippen molar-refractivity contribution in [1.82, 2.24) is 16.0 Å². The number of carboxylic acids is 2. The summed E-state index contributed by atoms with van der Waals surface area (Å²) in [5.74, 6) is -4.34. The molecule has 3 amide bonds. The van der Waals surface area contributed by atoms with E-state index in [1.54, 1.807) is 6.26 Å². The molecule has 5 unspecified atom stereocenters. The first kappa shape index (κ1) is 27.6. The SMILES string of the molecule is CSCCC(NC(=O)C(N)C(C)O)C(=O)NC(C)C(=O)NC(CCC(=O)O)C(=O)O. The molecule has 8 N–H and O–H groups in total. The molecular weight excluding hydrogens is 420 g/mol. The third-order valence-electron chi connectivity index (χ3n) is 4.08. The summed E-state index contributed by atoms with van der Waals surface area (Å²) in [6.45, 7) is 2.65. The average Bonchev–Trinajstić information content (AvgIpc) is 2.66. The first-order valence-electron chi connectivity index (χ1n) is 9.19. The molecular formula is C17H30N4O8S. The van der Waals surface area contributed by atoms with Gasteiger partial charge in [0.05, 0.1) is 6.10 Å². The van der Waals surface area contributed by atoms with Gasteiger partial charge in [0, 0.05) is 6.42 Å². The van der Waals surface area contributed by atoms with E-state index >= 15 is 0 Å². The predicted molar refractivity (Wildman–Crippen MR) is 109 cm³/mol. The molecule has 0 aliphatic rings. The van der Waals surface area contributed by atoms with Crippen LogP contribution in [0.3, 0.4) is 0 Å². The second-order valence-corrected chi connectivity index (χ2v) is 7.66. The highest BCUT2D eigenvalue weighted by Gasteiger charge is 2.29. The van der Waals surface area contributed by atoms with E-state index in [-0.39, 0.29) is 12.8 Å². The number of aliphatic carboxylic acids is 2. The van der Waals surface area contributed by atoms with E-state index in [1.165, 1.54) is 25.6 Å². The zero-order chi connectivity index (χ0) is 23.4. The highest BCUT2D eigenvalue weighted by molar-refractivity contribution is 7.98. The fourth-order valence-corrected chi connectivity index (χ4v) is 2.66. The van der Waals surface area contributed by atoms with Gasteiger partial charge in [-0.15, -0.1) is 0 Å². The Morgan fingerprint density at radius 2 is 1.47 bits per heavy atom. The third-order valence-corrected chi connectivity index (χ3v) is 4.72. The smallest absolute Gasteiger partial charge is 0.326 e. The average molecular weight is 451 g/mol. The van der Waals surface area contributed by atoms with E-state index in [2.05, 4.69) is 16.0 Å². The van der Waals surface area contributed by atoms with Crippen LogP contribution in [-0.2, 0) is 24.0 Å². The summed E-state index contributed by atoms with van der Waals surface area (Å²) >= 11 is 1.43. The van der Waals surface area contributed by atoms with E-state index in [9.17, 15) is 29.1 Å². The van der Waals surface area contributed by atoms with Gasteiger partial charge >= 0.3 is 11.9 Å². The lowest BCUT2D eigenvalue weighted by atomic mass is 10.1. The summed E-state index contributed by atoms with van der Waals surface area (Å²) in [5.41, 5.74) is 5.56. The van der Waals surface area contributed by atoms with Gasteiger partial charge in [-0.3, -0.25) is 19.2 Å². The van der Waals surface area contributed by atoms with E-state index < -0.39 is 66.4 Å². The maximum atomic E-state index is 12.5. The van der Waals surface area contributed by atoms with Crippen molar-refractivity contribution in [1.29, 1.82) is 0 Å². The molecule has 12 nitrogen and oxygen atoms in total. The third kappa shape index (κ3) is 10.4. The highest BCUT2D eigenvalue weighted by atomic mass is 32.2. The van der Waals surface area contributed by atoms with Crippen LogP contribution in [0.4, 0.5) is 0 Å². The number of nitrogens with two attached hydrogens (primary N) is 1. The molecule has 0 rings (SSSR count). The molecule has 5 atom stereocenters. The van der Waals surface area contributed by atoms with Crippen molar-refractivity contribution in [2.45, 2.75) is 63.4 Å². The number of amides is 3. The molecule has 0 aromatic rings. The van der Waals surface area contributed by atoms with Crippen LogP contribution in [-0.4, -0.2) is 87.3 Å². The first-order chi connectivity index (χ1) is 13.9. The van der Waals surface area contributed by atoms with Crippen LogP contribution in [0.25, 0.3) is 0 Å². The minimum atomic E-state index is -1.43. The molecule has 0 aliphatic heterocycles. The molecule has 0 fully saturated rings. The Kier molecular flexibility index (Phi) is 12.7. The Morgan fingerprint density at radius 1 is 0.900 bits per heavy atom. The van der Waals surface area contributed by atoms with Crippen LogP contribution >= 0.6 is 11.8 Å². The lowest BCUT2D eigenvalue weighted by molar-refractivity contribution is -0.143. The fraction of sp³-hybridized carbons (Fsp3) is 0.706. The largest absolute Gasteiger partial charge is 0.481 e. The van der Waals surface area contributed by atoms with Gasteiger partial charge < -0.3 is 37.0 Å². The van der Waals surface area contributed by atoms with Gasteiger partial charge in [-0.1, -0.05) is 0 Å². The van der Waals surface area contributed by atoms with Gasteiger partial charge in [-0.05, 0) is 38.7 Å². The zero-order valence-corrected chi connectivity index (χ0v) is 17.9. The summed E-state index contributed by atoms with van der Waals surface area (Å²) < 4.78 is 0. The molecule has 0 saturated carbocycles. The van der Waals surface area contributed by atoms with Crippen LogP contribution < -0.4 is 21.7 Å². The van der Waals surface area contributed by atoms with Crippen molar-refractivity contribution in [3.05, 3.63) is 0 Å². The minimum Gasteiger partial charge on any atom is -0.481 e. The molecule has 0 heterocycles. The monoisotopic (exact) mass is 450 g/mol. The maximum Gasteiger partial charge on any atom is 0.326 e. The number of aliphatic hydroxyl groups excluding tert-OH is 1. The van der Waals surface area contributed by atoms with E-state index in [0.717, 1.165) is 0 Å². The first-order valence-corrected chi connectivity index (χ1v) is 10.6. The van der Waals surface area contributed by atoms with Crippen molar-refractivity contribution in [2.24, 2.45) is 5.73 Å². The summed E-state index contributed by atoms with van der Waals surface area (Å²) in [5, 5.41) is 34.2. The van der Waals surface area contributed by atoms with Crippen LogP contribution in [0.1, 0.15) is 33.1 Å². The maximum absolute atomic E-state index is 12.5.